The van der Waals surface area contributed by atoms with E-state index in [0.29, 0.717) is 18.4 Å². The zero-order valence-electron chi connectivity index (χ0n) is 22.0. The number of carboxylic acids is 1. The Morgan fingerprint density at radius 1 is 0.971 bits per heavy atom. The Bertz CT molecular complexity index is 793. The summed E-state index contributed by atoms with van der Waals surface area (Å²) in [7, 11) is 0. The molecule has 4 atom stereocenters. The quantitative estimate of drug-likeness (QED) is 0.197. The highest BCUT2D eigenvalue weighted by molar-refractivity contribution is 5.67. The fourth-order valence-electron chi connectivity index (χ4n) is 7.12. The van der Waals surface area contributed by atoms with Crippen molar-refractivity contribution >= 4 is 5.97 Å². The average molecular weight is 480 g/mol. The summed E-state index contributed by atoms with van der Waals surface area (Å²) >= 11 is 0. The molecule has 3 N–H and O–H groups in total. The number of allylic oxidation sites excluding steroid dienone is 4. The number of hydrogen-bond donors (Lipinski definition) is 2. The largest absolute Gasteiger partial charge is 0.481 e. The monoisotopic (exact) mass is 479 g/mol. The molecule has 0 radical (unpaired) electrons. The first-order valence-corrected chi connectivity index (χ1v) is 14.4. The molecule has 0 amide bonds. The summed E-state index contributed by atoms with van der Waals surface area (Å²) in [5.74, 6) is 0.553. The second kappa shape index (κ2) is 14.6. The van der Waals surface area contributed by atoms with E-state index >= 15 is 0 Å². The molecule has 1 fully saturated rings. The molecular weight excluding hydrogens is 430 g/mol. The predicted octanol–water partition coefficient (Wildman–Crippen LogP) is 8.05. The summed E-state index contributed by atoms with van der Waals surface area (Å²) in [6.07, 6.45) is 25.4. The molecule has 0 aromatic heterocycles. The summed E-state index contributed by atoms with van der Waals surface area (Å²) in [4.78, 5) is 12.1. The van der Waals surface area contributed by atoms with E-state index in [2.05, 4.69) is 61.6 Å². The third kappa shape index (κ3) is 7.56. The van der Waals surface area contributed by atoms with E-state index in [1.54, 1.807) is 0 Å². The zero-order chi connectivity index (χ0) is 24.9. The Kier molecular flexibility index (Phi) is 11.6. The van der Waals surface area contributed by atoms with Crippen LogP contribution in [0.25, 0.3) is 0 Å². The van der Waals surface area contributed by atoms with Crippen LogP contribution < -0.4 is 5.73 Å². The smallest absolute Gasteiger partial charge is 0.303 e. The Hall–Kier alpha value is -1.87. The van der Waals surface area contributed by atoms with E-state index < -0.39 is 5.97 Å². The van der Waals surface area contributed by atoms with E-state index in [-0.39, 0.29) is 23.7 Å². The van der Waals surface area contributed by atoms with Crippen molar-refractivity contribution in [2.75, 3.05) is 6.54 Å². The molecular formula is C32H49NO2. The van der Waals surface area contributed by atoms with Crippen molar-refractivity contribution in [2.45, 2.75) is 102 Å². The van der Waals surface area contributed by atoms with E-state index in [4.69, 9.17) is 5.73 Å². The number of carbonyl (C=O) groups is 1. The van der Waals surface area contributed by atoms with Gasteiger partial charge in [0.2, 0.25) is 0 Å². The van der Waals surface area contributed by atoms with Crippen molar-refractivity contribution in [3.05, 3.63) is 60.2 Å². The average Bonchev–Trinajstić information content (AvgIpc) is 3.36. The number of aliphatic carboxylic acids is 1. The molecule has 3 rings (SSSR count). The van der Waals surface area contributed by atoms with E-state index in [0.717, 1.165) is 38.5 Å². The molecule has 2 aliphatic carbocycles. The van der Waals surface area contributed by atoms with Crippen molar-refractivity contribution in [2.24, 2.45) is 29.4 Å². The minimum absolute atomic E-state index is 0.0657. The van der Waals surface area contributed by atoms with Gasteiger partial charge < -0.3 is 10.8 Å². The third-order valence-electron chi connectivity index (χ3n) is 8.82. The molecule has 1 saturated carbocycles. The molecule has 0 aliphatic heterocycles. The van der Waals surface area contributed by atoms with Gasteiger partial charge in [-0.3, -0.25) is 4.79 Å². The van der Waals surface area contributed by atoms with Crippen LogP contribution in [0.4, 0.5) is 0 Å². The molecule has 0 bridgehead atoms. The van der Waals surface area contributed by atoms with Gasteiger partial charge in [-0.25, -0.2) is 0 Å². The lowest BCUT2D eigenvalue weighted by Crippen LogP contribution is -2.44. The van der Waals surface area contributed by atoms with Crippen LogP contribution in [-0.4, -0.2) is 17.6 Å². The van der Waals surface area contributed by atoms with E-state index in [9.17, 15) is 9.90 Å². The number of benzene rings is 1. The summed E-state index contributed by atoms with van der Waals surface area (Å²) in [6.45, 7) is 2.89. The van der Waals surface area contributed by atoms with Gasteiger partial charge in [0, 0.05) is 11.8 Å². The number of unbranched alkanes of at least 4 members (excludes halogenated alkanes) is 5. The summed E-state index contributed by atoms with van der Waals surface area (Å²) in [6, 6.07) is 10.9. The summed E-state index contributed by atoms with van der Waals surface area (Å²) in [5, 5.41) is 9.94. The van der Waals surface area contributed by atoms with Crippen LogP contribution in [0.1, 0.15) is 102 Å². The van der Waals surface area contributed by atoms with Crippen LogP contribution in [-0.2, 0) is 10.2 Å². The van der Waals surface area contributed by atoms with Crippen molar-refractivity contribution in [1.29, 1.82) is 0 Å². The van der Waals surface area contributed by atoms with Crippen LogP contribution in [0, 0.1) is 23.7 Å². The molecule has 0 heterocycles. The van der Waals surface area contributed by atoms with Gasteiger partial charge in [0.05, 0.1) is 0 Å². The second-order valence-electron chi connectivity index (χ2n) is 11.1. The van der Waals surface area contributed by atoms with Crippen LogP contribution in [0.3, 0.4) is 0 Å². The van der Waals surface area contributed by atoms with Gasteiger partial charge in [0.15, 0.2) is 0 Å². The number of hydrogen-bond acceptors (Lipinski definition) is 2. The highest BCUT2D eigenvalue weighted by Crippen LogP contribution is 2.55. The maximum atomic E-state index is 12.1. The lowest BCUT2D eigenvalue weighted by molar-refractivity contribution is -0.139. The first kappa shape index (κ1) is 27.7. The van der Waals surface area contributed by atoms with Gasteiger partial charge in [-0.15, -0.1) is 0 Å². The predicted molar refractivity (Wildman–Crippen MR) is 147 cm³/mol. The molecule has 3 heteroatoms. The Morgan fingerprint density at radius 3 is 2.34 bits per heavy atom. The summed E-state index contributed by atoms with van der Waals surface area (Å²) < 4.78 is 0. The zero-order valence-corrected chi connectivity index (χ0v) is 22.0. The molecule has 1 aromatic rings. The Morgan fingerprint density at radius 2 is 1.69 bits per heavy atom. The third-order valence-corrected chi connectivity index (χ3v) is 8.82. The first-order chi connectivity index (χ1) is 17.1. The van der Waals surface area contributed by atoms with Crippen molar-refractivity contribution in [3.8, 4) is 0 Å². The highest BCUT2D eigenvalue weighted by Gasteiger charge is 2.49. The van der Waals surface area contributed by atoms with Gasteiger partial charge in [0.25, 0.3) is 0 Å². The van der Waals surface area contributed by atoms with Gasteiger partial charge in [-0.1, -0.05) is 93.7 Å². The maximum absolute atomic E-state index is 12.1. The molecule has 2 aliphatic rings. The van der Waals surface area contributed by atoms with Crippen LogP contribution >= 0.6 is 0 Å². The topological polar surface area (TPSA) is 63.3 Å². The van der Waals surface area contributed by atoms with Gasteiger partial charge in [-0.05, 0) is 87.1 Å². The number of carboxylic acid groups (broad SMARTS) is 1. The Balaban J connectivity index is 1.73. The van der Waals surface area contributed by atoms with Crippen molar-refractivity contribution in [1.82, 2.24) is 0 Å². The van der Waals surface area contributed by atoms with Crippen molar-refractivity contribution < 1.29 is 9.90 Å². The molecule has 0 saturated heterocycles. The second-order valence-corrected chi connectivity index (χ2v) is 11.1. The highest BCUT2D eigenvalue weighted by atomic mass is 16.4. The van der Waals surface area contributed by atoms with Crippen LogP contribution in [0.2, 0.25) is 0 Å². The van der Waals surface area contributed by atoms with Gasteiger partial charge in [-0.2, -0.15) is 0 Å². The standard InChI is InChI=1S/C32H49NO2/c1-2-3-4-5-6-7-8-9-11-16-26-19-20-30(29(25-31(34)35)28(26)21-24-33)32(22-14-15-23-32)27-17-12-10-13-18-27/h7-8,10,12-13,17-20,26,28-30H,2-6,9,11,14-16,21-25,33H2,1H3,(H,34,35)/t26-,28-,29+,30+/m0/s1. The number of nitrogens with two attached hydrogens (primary N) is 1. The van der Waals surface area contributed by atoms with Gasteiger partial charge >= 0.3 is 5.97 Å². The fraction of sp³-hybridized carbons (Fsp3) is 0.656. The SMILES string of the molecule is CCCCCCC=CCCC[C@H]1C=C[C@@H](C2(c3ccccc3)CCCC2)[C@H](CC(=O)O)[C@H]1CCN. The van der Waals surface area contributed by atoms with Crippen molar-refractivity contribution in [3.63, 3.8) is 0 Å². The molecule has 0 unspecified atom stereocenters. The maximum Gasteiger partial charge on any atom is 0.303 e. The van der Waals surface area contributed by atoms with Crippen LogP contribution in [0.5, 0.6) is 0 Å². The normalized spacial score (nSPS) is 25.9. The molecule has 0 spiro atoms. The molecule has 194 valence electrons. The number of rotatable bonds is 15. The fourth-order valence-corrected chi connectivity index (χ4v) is 7.12. The van der Waals surface area contributed by atoms with Gasteiger partial charge in [0.1, 0.15) is 0 Å². The molecule has 35 heavy (non-hydrogen) atoms. The van der Waals surface area contributed by atoms with E-state index in [1.165, 1.54) is 50.5 Å². The summed E-state index contributed by atoms with van der Waals surface area (Å²) in [5.41, 5.74) is 7.58. The minimum Gasteiger partial charge on any atom is -0.481 e. The Labute approximate surface area is 214 Å². The molecule has 3 nitrogen and oxygen atoms in total. The lowest BCUT2D eigenvalue weighted by atomic mass is 9.56. The first-order valence-electron chi connectivity index (χ1n) is 14.4. The van der Waals surface area contributed by atoms with Crippen LogP contribution in [0.15, 0.2) is 54.6 Å². The van der Waals surface area contributed by atoms with E-state index in [1.807, 2.05) is 0 Å². The molecule has 1 aromatic carbocycles. The lowest BCUT2D eigenvalue weighted by Gasteiger charge is -2.48. The minimum atomic E-state index is -0.664.